The Morgan fingerprint density at radius 3 is 2.67 bits per heavy atom. The third-order valence-corrected chi connectivity index (χ3v) is 2.24. The van der Waals surface area contributed by atoms with Crippen molar-refractivity contribution < 1.29 is 14.7 Å². The number of carboxylic acids is 1. The van der Waals surface area contributed by atoms with Crippen LogP contribution in [0.5, 0.6) is 0 Å². The number of carbonyl (C=O) groups excluding carboxylic acids is 1. The van der Waals surface area contributed by atoms with Crippen molar-refractivity contribution in [2.75, 3.05) is 13.1 Å². The molecule has 0 aliphatic carbocycles. The van der Waals surface area contributed by atoms with E-state index in [9.17, 15) is 9.59 Å². The molecule has 8 heteroatoms. The normalized spacial score (nSPS) is 11.1. The summed E-state index contributed by atoms with van der Waals surface area (Å²) in [6, 6.07) is 0.114. The number of carboxylic acid groups (broad SMARTS) is 1. The van der Waals surface area contributed by atoms with Gasteiger partial charge in [-0.15, -0.1) is 0 Å². The maximum atomic E-state index is 10.9. The molecule has 0 aliphatic heterocycles. The van der Waals surface area contributed by atoms with Crippen molar-refractivity contribution in [2.24, 2.45) is 5.73 Å². The van der Waals surface area contributed by atoms with Gasteiger partial charge in [-0.05, 0) is 13.8 Å². The van der Waals surface area contributed by atoms with Gasteiger partial charge in [0.15, 0.2) is 0 Å². The second-order valence-corrected chi connectivity index (χ2v) is 4.22. The van der Waals surface area contributed by atoms with Crippen molar-refractivity contribution in [1.29, 1.82) is 0 Å². The molecule has 3 N–H and O–H groups in total. The van der Waals surface area contributed by atoms with E-state index < -0.39 is 11.9 Å². The van der Waals surface area contributed by atoms with Crippen molar-refractivity contribution in [3.05, 3.63) is 12.2 Å². The molecule has 0 unspecified atom stereocenters. The first-order valence-electron chi connectivity index (χ1n) is 5.51. The van der Waals surface area contributed by atoms with Crippen molar-refractivity contribution in [1.82, 2.24) is 19.7 Å². The number of nitrogens with two attached hydrogens (primary N) is 1. The molecule has 0 radical (unpaired) electrons. The summed E-state index contributed by atoms with van der Waals surface area (Å²) in [5.74, 6) is -0.994. The van der Waals surface area contributed by atoms with Gasteiger partial charge in [-0.1, -0.05) is 0 Å². The quantitative estimate of drug-likeness (QED) is 0.661. The maximum Gasteiger partial charge on any atom is 0.317 e. The molecule has 1 aromatic rings. The number of carbonyl (C=O) groups is 2. The zero-order valence-corrected chi connectivity index (χ0v) is 10.4. The number of hydrogen-bond acceptors (Lipinski definition) is 5. The Kier molecular flexibility index (Phi) is 4.78. The molecule has 0 saturated carbocycles. The van der Waals surface area contributed by atoms with Gasteiger partial charge in [-0.2, -0.15) is 5.10 Å². The van der Waals surface area contributed by atoms with Crippen LogP contribution in [0.1, 0.15) is 25.7 Å². The van der Waals surface area contributed by atoms with Gasteiger partial charge in [0.05, 0.1) is 19.6 Å². The average Bonchev–Trinajstić information content (AvgIpc) is 2.63. The molecule has 18 heavy (non-hydrogen) atoms. The maximum absolute atomic E-state index is 10.9. The van der Waals surface area contributed by atoms with Crippen LogP contribution in [0.15, 0.2) is 6.33 Å². The Hall–Kier alpha value is -1.96. The number of amides is 1. The van der Waals surface area contributed by atoms with E-state index in [4.69, 9.17) is 10.8 Å². The van der Waals surface area contributed by atoms with Gasteiger partial charge in [0, 0.05) is 6.04 Å². The van der Waals surface area contributed by atoms with Crippen molar-refractivity contribution in [3.63, 3.8) is 0 Å². The molecule has 0 bridgehead atoms. The summed E-state index contributed by atoms with van der Waals surface area (Å²) in [6.07, 6.45) is 1.40. The van der Waals surface area contributed by atoms with Crippen LogP contribution in [0, 0.1) is 0 Å². The molecule has 100 valence electrons. The number of aromatic nitrogens is 3. The van der Waals surface area contributed by atoms with Gasteiger partial charge >= 0.3 is 5.97 Å². The van der Waals surface area contributed by atoms with E-state index in [0.29, 0.717) is 5.82 Å². The summed E-state index contributed by atoms with van der Waals surface area (Å²) in [5, 5.41) is 12.8. The largest absolute Gasteiger partial charge is 0.480 e. The molecule has 0 atom stereocenters. The Morgan fingerprint density at radius 1 is 1.50 bits per heavy atom. The third kappa shape index (κ3) is 4.13. The topological polar surface area (TPSA) is 114 Å². The van der Waals surface area contributed by atoms with Gasteiger partial charge in [0.25, 0.3) is 0 Å². The molecule has 0 fully saturated rings. The first-order chi connectivity index (χ1) is 8.40. The lowest BCUT2D eigenvalue weighted by atomic mass is 10.3. The van der Waals surface area contributed by atoms with E-state index in [-0.39, 0.29) is 25.7 Å². The van der Waals surface area contributed by atoms with Crippen LogP contribution in [-0.2, 0) is 16.1 Å². The summed E-state index contributed by atoms with van der Waals surface area (Å²) in [6.45, 7) is 3.69. The minimum atomic E-state index is -1.02. The van der Waals surface area contributed by atoms with E-state index in [2.05, 4.69) is 10.1 Å². The fraction of sp³-hybridized carbons (Fsp3) is 0.600. The molecular formula is C10H17N5O3. The van der Waals surface area contributed by atoms with Crippen molar-refractivity contribution in [3.8, 4) is 0 Å². The first kappa shape index (κ1) is 14.1. The summed E-state index contributed by atoms with van der Waals surface area (Å²) in [5.41, 5.74) is 5.08. The van der Waals surface area contributed by atoms with Crippen LogP contribution in [0.3, 0.4) is 0 Å². The highest BCUT2D eigenvalue weighted by atomic mass is 16.4. The monoisotopic (exact) mass is 255 g/mol. The van der Waals surface area contributed by atoms with E-state index >= 15 is 0 Å². The minimum absolute atomic E-state index is 0.114. The summed E-state index contributed by atoms with van der Waals surface area (Å²) in [7, 11) is 0. The van der Waals surface area contributed by atoms with Gasteiger partial charge < -0.3 is 10.8 Å². The summed E-state index contributed by atoms with van der Waals surface area (Å²) < 4.78 is 1.68. The van der Waals surface area contributed by atoms with Crippen molar-refractivity contribution >= 4 is 11.9 Å². The second kappa shape index (κ2) is 6.10. The van der Waals surface area contributed by atoms with Crippen LogP contribution in [0.4, 0.5) is 0 Å². The summed E-state index contributed by atoms with van der Waals surface area (Å²) >= 11 is 0. The number of nitrogens with zero attached hydrogens (tertiary/aromatic N) is 4. The lowest BCUT2D eigenvalue weighted by Crippen LogP contribution is -2.37. The molecule has 1 rings (SSSR count). The van der Waals surface area contributed by atoms with Crippen molar-refractivity contribution in [2.45, 2.75) is 26.4 Å². The summed E-state index contributed by atoms with van der Waals surface area (Å²) in [4.78, 5) is 27.1. The highest BCUT2D eigenvalue weighted by Crippen LogP contribution is 2.07. The number of rotatable bonds is 7. The molecule has 1 aromatic heterocycles. The van der Waals surface area contributed by atoms with E-state index in [0.717, 1.165) is 0 Å². The molecular weight excluding hydrogens is 238 g/mol. The van der Waals surface area contributed by atoms with Gasteiger partial charge in [0.2, 0.25) is 5.91 Å². The smallest absolute Gasteiger partial charge is 0.317 e. The zero-order chi connectivity index (χ0) is 13.7. The Morgan fingerprint density at radius 2 is 2.17 bits per heavy atom. The molecule has 8 nitrogen and oxygen atoms in total. The fourth-order valence-corrected chi connectivity index (χ4v) is 1.60. The van der Waals surface area contributed by atoms with Crippen LogP contribution < -0.4 is 5.73 Å². The lowest BCUT2D eigenvalue weighted by molar-refractivity contribution is -0.138. The second-order valence-electron chi connectivity index (χ2n) is 4.22. The average molecular weight is 255 g/mol. The van der Waals surface area contributed by atoms with E-state index in [1.165, 1.54) is 11.2 Å². The Balaban J connectivity index is 2.78. The third-order valence-electron chi connectivity index (χ3n) is 2.24. The molecule has 1 heterocycles. The van der Waals surface area contributed by atoms with Gasteiger partial charge in [0.1, 0.15) is 12.2 Å². The number of hydrogen-bond donors (Lipinski definition) is 2. The van der Waals surface area contributed by atoms with Crippen LogP contribution >= 0.6 is 0 Å². The molecule has 0 aliphatic rings. The number of aliphatic carboxylic acids is 1. The van der Waals surface area contributed by atoms with Crippen LogP contribution in [0.25, 0.3) is 0 Å². The predicted octanol–water partition coefficient (Wildman–Crippen LogP) is -0.769. The Bertz CT molecular complexity index is 413. The van der Waals surface area contributed by atoms with Gasteiger partial charge in [-0.3, -0.25) is 14.5 Å². The highest BCUT2D eigenvalue weighted by molar-refractivity contribution is 5.77. The number of primary amides is 1. The van der Waals surface area contributed by atoms with Crippen LogP contribution in [-0.4, -0.2) is 49.7 Å². The highest BCUT2D eigenvalue weighted by Gasteiger charge is 2.16. The molecule has 0 spiro atoms. The SMILES string of the molecule is CC(C)n1ncnc1CN(CC(N)=O)CC(=O)O. The zero-order valence-electron chi connectivity index (χ0n) is 10.4. The predicted molar refractivity (Wildman–Crippen MR) is 62.5 cm³/mol. The van der Waals surface area contributed by atoms with E-state index in [1.807, 2.05) is 13.8 Å². The molecule has 0 aromatic carbocycles. The Labute approximate surface area is 104 Å². The van der Waals surface area contributed by atoms with E-state index in [1.54, 1.807) is 4.68 Å². The minimum Gasteiger partial charge on any atom is -0.480 e. The first-order valence-corrected chi connectivity index (χ1v) is 5.51. The molecule has 1 amide bonds. The fourth-order valence-electron chi connectivity index (χ4n) is 1.60. The lowest BCUT2D eigenvalue weighted by Gasteiger charge is -2.19. The molecule has 0 saturated heterocycles. The van der Waals surface area contributed by atoms with Crippen LogP contribution in [0.2, 0.25) is 0 Å². The standard InChI is InChI=1S/C10H17N5O3/c1-7(2)15-9(12-6-13-15)4-14(3-8(11)16)5-10(17)18/h6-7H,3-5H2,1-2H3,(H2,11,16)(H,17,18). The van der Waals surface area contributed by atoms with Gasteiger partial charge in [-0.25, -0.2) is 9.67 Å².